The summed E-state index contributed by atoms with van der Waals surface area (Å²) in [5.74, 6) is 2.10. The first-order valence-corrected chi connectivity index (χ1v) is 8.46. The number of piperazine rings is 1. The van der Waals surface area contributed by atoms with Crippen molar-refractivity contribution in [2.75, 3.05) is 43.1 Å². The van der Waals surface area contributed by atoms with Gasteiger partial charge in [0, 0.05) is 26.2 Å². The normalized spacial score (nSPS) is 14.5. The van der Waals surface area contributed by atoms with Crippen molar-refractivity contribution < 1.29 is 4.74 Å². The average molecular weight is 352 g/mol. The zero-order chi connectivity index (χ0) is 17.9. The van der Waals surface area contributed by atoms with E-state index in [9.17, 15) is 0 Å². The van der Waals surface area contributed by atoms with Crippen LogP contribution in [0, 0.1) is 6.92 Å². The molecule has 0 bridgehead atoms. The minimum absolute atomic E-state index is 0.522. The summed E-state index contributed by atoms with van der Waals surface area (Å²) in [6.07, 6.45) is 3.37. The third kappa shape index (κ3) is 3.15. The van der Waals surface area contributed by atoms with Crippen LogP contribution in [0.15, 0.2) is 36.7 Å². The number of methoxy groups -OCH3 is 1. The summed E-state index contributed by atoms with van der Waals surface area (Å²) in [6.45, 7) is 5.27. The number of rotatable bonds is 4. The predicted octanol–water partition coefficient (Wildman–Crippen LogP) is 1.10. The molecule has 2 aromatic heterocycles. The van der Waals surface area contributed by atoms with Gasteiger partial charge in [0.25, 0.3) is 0 Å². The van der Waals surface area contributed by atoms with Crippen LogP contribution in [0.2, 0.25) is 0 Å². The third-order valence-electron chi connectivity index (χ3n) is 4.43. The van der Waals surface area contributed by atoms with Gasteiger partial charge in [0.05, 0.1) is 25.2 Å². The highest BCUT2D eigenvalue weighted by Gasteiger charge is 2.23. The molecule has 0 atom stereocenters. The number of hydrogen-bond donors (Lipinski definition) is 0. The van der Waals surface area contributed by atoms with Crippen molar-refractivity contribution in [1.82, 2.24) is 30.2 Å². The molecule has 3 heterocycles. The van der Waals surface area contributed by atoms with E-state index in [1.54, 1.807) is 24.2 Å². The largest absolute Gasteiger partial charge is 0.480 e. The van der Waals surface area contributed by atoms with Gasteiger partial charge < -0.3 is 14.5 Å². The van der Waals surface area contributed by atoms with Crippen LogP contribution in [0.3, 0.4) is 0 Å². The van der Waals surface area contributed by atoms with Crippen LogP contribution in [0.1, 0.15) is 5.56 Å². The molecule has 4 rings (SSSR count). The molecule has 0 saturated carbocycles. The van der Waals surface area contributed by atoms with Crippen LogP contribution in [0.5, 0.6) is 5.88 Å². The number of tetrazole rings is 1. The van der Waals surface area contributed by atoms with Gasteiger partial charge in [-0.1, -0.05) is 22.8 Å². The second kappa shape index (κ2) is 6.95. The van der Waals surface area contributed by atoms with Crippen LogP contribution in [0.4, 0.5) is 11.8 Å². The molecule has 3 aromatic rings. The first kappa shape index (κ1) is 16.2. The van der Waals surface area contributed by atoms with Crippen molar-refractivity contribution in [2.24, 2.45) is 0 Å². The smallest absolute Gasteiger partial charge is 0.250 e. The lowest BCUT2D eigenvalue weighted by atomic mass is 10.2. The van der Waals surface area contributed by atoms with Gasteiger partial charge in [-0.3, -0.25) is 4.98 Å². The number of benzene rings is 1. The molecule has 0 amide bonds. The quantitative estimate of drug-likeness (QED) is 0.690. The number of aromatic nitrogens is 6. The summed E-state index contributed by atoms with van der Waals surface area (Å²) >= 11 is 0. The van der Waals surface area contributed by atoms with Gasteiger partial charge in [0.1, 0.15) is 0 Å². The summed E-state index contributed by atoms with van der Waals surface area (Å²) < 4.78 is 6.94. The van der Waals surface area contributed by atoms with E-state index in [2.05, 4.69) is 54.3 Å². The van der Waals surface area contributed by atoms with Gasteiger partial charge in [-0.15, -0.1) is 0 Å². The number of anilines is 2. The van der Waals surface area contributed by atoms with Crippen LogP contribution < -0.4 is 14.5 Å². The second-order valence-electron chi connectivity index (χ2n) is 6.12. The Bertz CT molecular complexity index is 870. The molecule has 0 spiro atoms. The Morgan fingerprint density at radius 1 is 0.962 bits per heavy atom. The molecule has 0 aliphatic carbocycles. The van der Waals surface area contributed by atoms with Gasteiger partial charge in [0.2, 0.25) is 11.8 Å². The Balaban J connectivity index is 1.49. The lowest BCUT2D eigenvalue weighted by molar-refractivity contribution is 0.395. The zero-order valence-electron chi connectivity index (χ0n) is 14.8. The molecule has 1 fully saturated rings. The van der Waals surface area contributed by atoms with E-state index in [0.29, 0.717) is 5.88 Å². The SMILES string of the molecule is COc1cncc(N2CCN(c3nnnn3-c3ccc(C)cc3)CC2)n1. The Morgan fingerprint density at radius 2 is 1.69 bits per heavy atom. The fourth-order valence-corrected chi connectivity index (χ4v) is 2.96. The Labute approximate surface area is 151 Å². The van der Waals surface area contributed by atoms with Crippen LogP contribution in [-0.4, -0.2) is 63.5 Å². The highest BCUT2D eigenvalue weighted by molar-refractivity contribution is 5.45. The predicted molar refractivity (Wildman–Crippen MR) is 96.9 cm³/mol. The molecule has 9 nitrogen and oxygen atoms in total. The van der Waals surface area contributed by atoms with Gasteiger partial charge in [-0.05, 0) is 29.5 Å². The third-order valence-corrected chi connectivity index (χ3v) is 4.43. The van der Waals surface area contributed by atoms with Gasteiger partial charge in [0.15, 0.2) is 5.82 Å². The molecule has 0 radical (unpaired) electrons. The maximum atomic E-state index is 5.16. The number of aryl methyl sites for hydroxylation is 1. The highest BCUT2D eigenvalue weighted by Crippen LogP contribution is 2.20. The Kier molecular flexibility index (Phi) is 4.34. The first-order chi connectivity index (χ1) is 12.7. The molecule has 9 heteroatoms. The summed E-state index contributed by atoms with van der Waals surface area (Å²) in [5.41, 5.74) is 2.16. The van der Waals surface area contributed by atoms with Crippen molar-refractivity contribution in [3.05, 3.63) is 42.2 Å². The molecular formula is C17H20N8O. The van der Waals surface area contributed by atoms with E-state index in [-0.39, 0.29) is 0 Å². The molecular weight excluding hydrogens is 332 g/mol. The minimum Gasteiger partial charge on any atom is -0.480 e. The number of ether oxygens (including phenoxy) is 1. The fourth-order valence-electron chi connectivity index (χ4n) is 2.96. The average Bonchev–Trinajstić information content (AvgIpc) is 3.18. The molecule has 0 unspecified atom stereocenters. The number of hydrogen-bond acceptors (Lipinski definition) is 8. The van der Waals surface area contributed by atoms with E-state index in [0.717, 1.165) is 43.6 Å². The molecule has 1 saturated heterocycles. The van der Waals surface area contributed by atoms with Crippen molar-refractivity contribution in [3.63, 3.8) is 0 Å². The van der Waals surface area contributed by atoms with Crippen molar-refractivity contribution in [2.45, 2.75) is 6.92 Å². The standard InChI is InChI=1S/C17H20N8O/c1-13-3-5-14(6-4-13)25-17(20-21-22-25)24-9-7-23(8-10-24)15-11-18-12-16(19-15)26-2/h3-6,11-12H,7-10H2,1-2H3. The van der Waals surface area contributed by atoms with E-state index in [1.807, 2.05) is 12.1 Å². The molecule has 1 aromatic carbocycles. The van der Waals surface area contributed by atoms with E-state index < -0.39 is 0 Å². The maximum Gasteiger partial charge on any atom is 0.250 e. The lowest BCUT2D eigenvalue weighted by Gasteiger charge is -2.35. The Hall–Kier alpha value is -3.23. The van der Waals surface area contributed by atoms with Gasteiger partial charge in [-0.2, -0.15) is 9.67 Å². The highest BCUT2D eigenvalue weighted by atomic mass is 16.5. The summed E-state index contributed by atoms with van der Waals surface area (Å²) in [6, 6.07) is 8.16. The summed E-state index contributed by atoms with van der Waals surface area (Å²) in [4.78, 5) is 13.0. The van der Waals surface area contributed by atoms with Crippen molar-refractivity contribution in [3.8, 4) is 11.6 Å². The maximum absolute atomic E-state index is 5.16. The molecule has 26 heavy (non-hydrogen) atoms. The van der Waals surface area contributed by atoms with Crippen LogP contribution >= 0.6 is 0 Å². The fraction of sp³-hybridized carbons (Fsp3) is 0.353. The molecule has 1 aliphatic heterocycles. The molecule has 134 valence electrons. The van der Waals surface area contributed by atoms with E-state index in [1.165, 1.54) is 5.56 Å². The Morgan fingerprint density at radius 3 is 2.42 bits per heavy atom. The van der Waals surface area contributed by atoms with Gasteiger partial charge in [-0.25, -0.2) is 0 Å². The monoisotopic (exact) mass is 352 g/mol. The van der Waals surface area contributed by atoms with Crippen molar-refractivity contribution >= 4 is 11.8 Å². The first-order valence-electron chi connectivity index (χ1n) is 8.46. The topological polar surface area (TPSA) is 85.1 Å². The summed E-state index contributed by atoms with van der Waals surface area (Å²) in [5, 5.41) is 12.2. The zero-order valence-corrected chi connectivity index (χ0v) is 14.8. The van der Waals surface area contributed by atoms with Crippen LogP contribution in [0.25, 0.3) is 5.69 Å². The van der Waals surface area contributed by atoms with Crippen LogP contribution in [-0.2, 0) is 0 Å². The van der Waals surface area contributed by atoms with E-state index >= 15 is 0 Å². The second-order valence-corrected chi connectivity index (χ2v) is 6.12. The van der Waals surface area contributed by atoms with Gasteiger partial charge >= 0.3 is 0 Å². The minimum atomic E-state index is 0.522. The van der Waals surface area contributed by atoms with E-state index in [4.69, 9.17) is 4.74 Å². The lowest BCUT2D eigenvalue weighted by Crippen LogP contribution is -2.47. The number of nitrogens with zero attached hydrogens (tertiary/aromatic N) is 8. The van der Waals surface area contributed by atoms with Crippen molar-refractivity contribution in [1.29, 1.82) is 0 Å². The molecule has 0 N–H and O–H groups in total. The molecule has 1 aliphatic rings. The summed E-state index contributed by atoms with van der Waals surface area (Å²) in [7, 11) is 1.59.